The number of piperidine rings is 1. The number of nitrogens with one attached hydrogen (secondary N) is 2. The van der Waals surface area contributed by atoms with Crippen molar-refractivity contribution in [2.45, 2.75) is 57.5 Å². The van der Waals surface area contributed by atoms with E-state index >= 15 is 0 Å². The number of carbonyl (C=O) groups excluding carboxylic acids is 1. The van der Waals surface area contributed by atoms with Gasteiger partial charge in [-0.1, -0.05) is 32.9 Å². The fraction of sp³-hybridized carbons (Fsp3) is 0.667. The summed E-state index contributed by atoms with van der Waals surface area (Å²) >= 11 is 1.94. The Hall–Kier alpha value is -1.20. The molecule has 2 heterocycles. The molecule has 2 N–H and O–H groups in total. The molecule has 1 atom stereocenters. The lowest BCUT2D eigenvalue weighted by Crippen LogP contribution is -2.47. The molecule has 26 heavy (non-hydrogen) atoms. The first-order valence-corrected chi connectivity index (χ1v) is 11.0. The maximum absolute atomic E-state index is 12.3. The van der Waals surface area contributed by atoms with Crippen molar-refractivity contribution in [3.8, 4) is 0 Å². The van der Waals surface area contributed by atoms with E-state index in [4.69, 9.17) is 0 Å². The summed E-state index contributed by atoms with van der Waals surface area (Å²) in [6, 6.07) is 9.65. The number of benzene rings is 1. The van der Waals surface area contributed by atoms with Gasteiger partial charge >= 0.3 is 0 Å². The van der Waals surface area contributed by atoms with Gasteiger partial charge in [-0.3, -0.25) is 4.79 Å². The van der Waals surface area contributed by atoms with E-state index in [-0.39, 0.29) is 11.3 Å². The van der Waals surface area contributed by atoms with Crippen LogP contribution < -0.4 is 15.5 Å². The average Bonchev–Trinajstić information content (AvgIpc) is 2.62. The Morgan fingerprint density at radius 1 is 1.23 bits per heavy atom. The second-order valence-electron chi connectivity index (χ2n) is 8.56. The summed E-state index contributed by atoms with van der Waals surface area (Å²) in [5.41, 5.74) is 2.87. The Kier molecular flexibility index (Phi) is 6.51. The first-order chi connectivity index (χ1) is 12.4. The molecule has 0 aliphatic carbocycles. The SMILES string of the molecule is CC(C)(C)c1ccc(N2CCC(NC(=O)CC3CSCCN3)CC2)cc1. The van der Waals surface area contributed by atoms with Gasteiger partial charge < -0.3 is 15.5 Å². The van der Waals surface area contributed by atoms with Crippen LogP contribution in [0.2, 0.25) is 0 Å². The van der Waals surface area contributed by atoms with Gasteiger partial charge in [0.05, 0.1) is 0 Å². The average molecular weight is 376 g/mol. The molecule has 4 nitrogen and oxygen atoms in total. The zero-order valence-electron chi connectivity index (χ0n) is 16.4. The van der Waals surface area contributed by atoms with Gasteiger partial charge in [-0.2, -0.15) is 11.8 Å². The van der Waals surface area contributed by atoms with Crippen LogP contribution in [-0.4, -0.2) is 49.1 Å². The summed E-state index contributed by atoms with van der Waals surface area (Å²) in [6.07, 6.45) is 2.67. The van der Waals surface area contributed by atoms with Crippen molar-refractivity contribution in [3.63, 3.8) is 0 Å². The highest BCUT2D eigenvalue weighted by molar-refractivity contribution is 7.99. The fourth-order valence-corrected chi connectivity index (χ4v) is 4.66. The predicted molar refractivity (Wildman–Crippen MR) is 112 cm³/mol. The summed E-state index contributed by atoms with van der Waals surface area (Å²) in [6.45, 7) is 9.79. The Balaban J connectivity index is 1.44. The number of hydrogen-bond donors (Lipinski definition) is 2. The van der Waals surface area contributed by atoms with Gasteiger partial charge in [0.1, 0.15) is 0 Å². The first kappa shape index (κ1) is 19.6. The van der Waals surface area contributed by atoms with Crippen LogP contribution in [0.1, 0.15) is 45.6 Å². The van der Waals surface area contributed by atoms with Gasteiger partial charge in [0.15, 0.2) is 0 Å². The highest BCUT2D eigenvalue weighted by Crippen LogP contribution is 2.26. The molecule has 2 saturated heterocycles. The zero-order valence-corrected chi connectivity index (χ0v) is 17.2. The third kappa shape index (κ3) is 5.40. The van der Waals surface area contributed by atoms with E-state index in [1.807, 2.05) is 11.8 Å². The molecule has 3 rings (SSSR count). The summed E-state index contributed by atoms with van der Waals surface area (Å²) in [5, 5.41) is 6.69. The van der Waals surface area contributed by atoms with Crippen molar-refractivity contribution in [2.24, 2.45) is 0 Å². The molecular formula is C21H33N3OS. The lowest BCUT2D eigenvalue weighted by molar-refractivity contribution is -0.122. The number of nitrogens with zero attached hydrogens (tertiary/aromatic N) is 1. The van der Waals surface area contributed by atoms with Crippen molar-refractivity contribution in [1.29, 1.82) is 0 Å². The van der Waals surface area contributed by atoms with E-state index in [0.29, 0.717) is 18.5 Å². The van der Waals surface area contributed by atoms with Gasteiger partial charge in [-0.15, -0.1) is 0 Å². The molecule has 0 aromatic heterocycles. The molecule has 2 aliphatic rings. The fourth-order valence-electron chi connectivity index (χ4n) is 3.72. The van der Waals surface area contributed by atoms with Crippen LogP contribution in [0.15, 0.2) is 24.3 Å². The van der Waals surface area contributed by atoms with Gasteiger partial charge in [-0.25, -0.2) is 0 Å². The van der Waals surface area contributed by atoms with Crippen LogP contribution in [0.4, 0.5) is 5.69 Å². The summed E-state index contributed by atoms with van der Waals surface area (Å²) in [7, 11) is 0. The molecule has 0 radical (unpaired) electrons. The molecule has 5 heteroatoms. The highest BCUT2D eigenvalue weighted by Gasteiger charge is 2.23. The summed E-state index contributed by atoms with van der Waals surface area (Å²) in [4.78, 5) is 14.7. The van der Waals surface area contributed by atoms with Gasteiger partial charge in [0, 0.05) is 55.3 Å². The molecule has 0 saturated carbocycles. The van der Waals surface area contributed by atoms with Crippen molar-refractivity contribution in [3.05, 3.63) is 29.8 Å². The van der Waals surface area contributed by atoms with Crippen LogP contribution in [0.5, 0.6) is 0 Å². The van der Waals surface area contributed by atoms with Crippen LogP contribution in [0.3, 0.4) is 0 Å². The first-order valence-electron chi connectivity index (χ1n) is 9.88. The standard InChI is InChI=1S/C21H33N3OS/c1-21(2,3)16-4-6-19(7-5-16)24-11-8-17(9-12-24)23-20(25)14-18-15-26-13-10-22-18/h4-7,17-18,22H,8-15H2,1-3H3,(H,23,25). The second kappa shape index (κ2) is 8.66. The number of rotatable bonds is 4. The Labute approximate surface area is 162 Å². The Morgan fingerprint density at radius 2 is 1.92 bits per heavy atom. The Bertz CT molecular complexity index is 582. The smallest absolute Gasteiger partial charge is 0.221 e. The third-order valence-corrected chi connectivity index (χ3v) is 6.52. The maximum atomic E-state index is 12.3. The number of anilines is 1. The van der Waals surface area contributed by atoms with Crippen molar-refractivity contribution in [2.75, 3.05) is 36.0 Å². The number of hydrogen-bond acceptors (Lipinski definition) is 4. The topological polar surface area (TPSA) is 44.4 Å². The van der Waals surface area contributed by atoms with Crippen molar-refractivity contribution < 1.29 is 4.79 Å². The third-order valence-electron chi connectivity index (χ3n) is 5.39. The molecule has 0 bridgehead atoms. The highest BCUT2D eigenvalue weighted by atomic mass is 32.2. The van der Waals surface area contributed by atoms with E-state index in [0.717, 1.165) is 44.0 Å². The summed E-state index contributed by atoms with van der Waals surface area (Å²) in [5.74, 6) is 2.42. The molecule has 1 aromatic carbocycles. The largest absolute Gasteiger partial charge is 0.371 e. The van der Waals surface area contributed by atoms with Crippen molar-refractivity contribution >= 4 is 23.4 Å². The normalized spacial score (nSPS) is 22.3. The minimum atomic E-state index is 0.196. The molecule has 144 valence electrons. The van der Waals surface area contributed by atoms with Crippen LogP contribution >= 0.6 is 11.8 Å². The lowest BCUT2D eigenvalue weighted by Gasteiger charge is -2.34. The Morgan fingerprint density at radius 3 is 2.50 bits per heavy atom. The monoisotopic (exact) mass is 375 g/mol. The minimum Gasteiger partial charge on any atom is -0.371 e. The zero-order chi connectivity index (χ0) is 18.6. The van der Waals surface area contributed by atoms with Crippen LogP contribution in [-0.2, 0) is 10.2 Å². The number of thioether (sulfide) groups is 1. The number of carbonyl (C=O) groups is 1. The minimum absolute atomic E-state index is 0.196. The molecule has 2 fully saturated rings. The molecule has 1 amide bonds. The van der Waals surface area contributed by atoms with Crippen LogP contribution in [0, 0.1) is 0 Å². The van der Waals surface area contributed by atoms with E-state index in [9.17, 15) is 4.79 Å². The van der Waals surface area contributed by atoms with E-state index in [1.165, 1.54) is 11.3 Å². The molecule has 1 aromatic rings. The second-order valence-corrected chi connectivity index (χ2v) is 9.71. The molecule has 1 unspecified atom stereocenters. The summed E-state index contributed by atoms with van der Waals surface area (Å²) < 4.78 is 0. The predicted octanol–water partition coefficient (Wildman–Crippen LogP) is 3.16. The van der Waals surface area contributed by atoms with Gasteiger partial charge in [-0.05, 0) is 36.0 Å². The quantitative estimate of drug-likeness (QED) is 0.848. The van der Waals surface area contributed by atoms with E-state index in [2.05, 4.69) is 60.6 Å². The molecule has 0 spiro atoms. The molecular weight excluding hydrogens is 342 g/mol. The van der Waals surface area contributed by atoms with Crippen molar-refractivity contribution in [1.82, 2.24) is 10.6 Å². The van der Waals surface area contributed by atoms with E-state index in [1.54, 1.807) is 0 Å². The van der Waals surface area contributed by atoms with Crippen LogP contribution in [0.25, 0.3) is 0 Å². The van der Waals surface area contributed by atoms with E-state index < -0.39 is 0 Å². The molecule has 2 aliphatic heterocycles. The lowest BCUT2D eigenvalue weighted by atomic mass is 9.87. The van der Waals surface area contributed by atoms with Gasteiger partial charge in [0.2, 0.25) is 5.91 Å². The maximum Gasteiger partial charge on any atom is 0.221 e. The van der Waals surface area contributed by atoms with Gasteiger partial charge in [0.25, 0.3) is 0 Å². The number of amides is 1.